The molecular formula is C23H24N4O. The van der Waals surface area contributed by atoms with Gasteiger partial charge in [-0.2, -0.15) is 0 Å². The fourth-order valence-corrected chi connectivity index (χ4v) is 3.79. The Morgan fingerprint density at radius 2 is 1.68 bits per heavy atom. The second-order valence-corrected chi connectivity index (χ2v) is 7.29. The predicted molar refractivity (Wildman–Crippen MR) is 111 cm³/mol. The smallest absolute Gasteiger partial charge is 0.253 e. The van der Waals surface area contributed by atoms with Gasteiger partial charge in [-0.1, -0.05) is 36.4 Å². The van der Waals surface area contributed by atoms with Gasteiger partial charge in [0.1, 0.15) is 0 Å². The minimum Gasteiger partial charge on any atom is -0.357 e. The molecule has 1 aliphatic carbocycles. The maximum absolute atomic E-state index is 13.0. The maximum Gasteiger partial charge on any atom is 0.253 e. The lowest BCUT2D eigenvalue weighted by molar-refractivity contribution is 0.0738. The summed E-state index contributed by atoms with van der Waals surface area (Å²) >= 11 is 0. The Balaban J connectivity index is 1.51. The van der Waals surface area contributed by atoms with Gasteiger partial charge in [-0.15, -0.1) is 0 Å². The van der Waals surface area contributed by atoms with E-state index in [-0.39, 0.29) is 11.9 Å². The van der Waals surface area contributed by atoms with Crippen molar-refractivity contribution in [1.29, 1.82) is 0 Å². The van der Waals surface area contributed by atoms with E-state index in [1.165, 1.54) is 11.1 Å². The number of hydrogen-bond acceptors (Lipinski definition) is 4. The molecule has 1 aliphatic rings. The first-order chi connectivity index (χ1) is 13.5. The number of anilines is 1. The number of aromatic nitrogens is 2. The van der Waals surface area contributed by atoms with Crippen LogP contribution in [-0.4, -0.2) is 40.9 Å². The predicted octanol–water partition coefficient (Wildman–Crippen LogP) is 3.73. The summed E-state index contributed by atoms with van der Waals surface area (Å²) in [7, 11) is 3.71. The number of amides is 1. The van der Waals surface area contributed by atoms with Gasteiger partial charge >= 0.3 is 0 Å². The van der Waals surface area contributed by atoms with Crippen molar-refractivity contribution in [3.05, 3.63) is 77.0 Å². The minimum absolute atomic E-state index is 0.0548. The largest absolute Gasteiger partial charge is 0.357 e. The van der Waals surface area contributed by atoms with Gasteiger partial charge in [0.05, 0.1) is 5.69 Å². The molecule has 142 valence electrons. The summed E-state index contributed by atoms with van der Waals surface area (Å²) in [5, 5.41) is 2.98. The third-order valence-electron chi connectivity index (χ3n) is 5.40. The van der Waals surface area contributed by atoms with Gasteiger partial charge < -0.3 is 10.2 Å². The molecule has 0 saturated carbocycles. The molecule has 1 amide bonds. The van der Waals surface area contributed by atoms with Crippen molar-refractivity contribution in [2.75, 3.05) is 19.4 Å². The van der Waals surface area contributed by atoms with Gasteiger partial charge in [0.2, 0.25) is 5.95 Å². The van der Waals surface area contributed by atoms with Gasteiger partial charge in [-0.25, -0.2) is 9.97 Å². The highest BCUT2D eigenvalue weighted by Crippen LogP contribution is 2.26. The van der Waals surface area contributed by atoms with E-state index in [9.17, 15) is 4.79 Å². The zero-order chi connectivity index (χ0) is 19.7. The molecule has 2 aromatic carbocycles. The van der Waals surface area contributed by atoms with Crippen LogP contribution in [0.3, 0.4) is 0 Å². The third-order valence-corrected chi connectivity index (χ3v) is 5.40. The molecule has 4 rings (SSSR count). The SMILES string of the molecule is CNc1nc(C)cc(-c2ccc(C(=O)N(C)C3Cc4ccccc4C3)cc2)n1. The van der Waals surface area contributed by atoms with E-state index in [4.69, 9.17) is 0 Å². The average Bonchev–Trinajstić information content (AvgIpc) is 3.16. The Bertz CT molecular complexity index is 988. The number of nitrogens with zero attached hydrogens (tertiary/aromatic N) is 3. The fourth-order valence-electron chi connectivity index (χ4n) is 3.79. The van der Waals surface area contributed by atoms with E-state index in [1.807, 2.05) is 49.2 Å². The summed E-state index contributed by atoms with van der Waals surface area (Å²) in [4.78, 5) is 23.7. The first-order valence-corrected chi connectivity index (χ1v) is 9.53. The monoisotopic (exact) mass is 372 g/mol. The Labute approximate surface area is 165 Å². The molecule has 0 spiro atoms. The van der Waals surface area contributed by atoms with Crippen LogP contribution in [0.4, 0.5) is 5.95 Å². The van der Waals surface area contributed by atoms with Crippen molar-refractivity contribution in [2.45, 2.75) is 25.8 Å². The van der Waals surface area contributed by atoms with Crippen molar-refractivity contribution < 1.29 is 4.79 Å². The summed E-state index contributed by atoms with van der Waals surface area (Å²) in [6.45, 7) is 1.94. The van der Waals surface area contributed by atoms with E-state index in [0.29, 0.717) is 11.5 Å². The summed E-state index contributed by atoms with van der Waals surface area (Å²) < 4.78 is 0. The molecule has 28 heavy (non-hydrogen) atoms. The molecule has 0 fully saturated rings. The maximum atomic E-state index is 13.0. The third kappa shape index (κ3) is 3.48. The van der Waals surface area contributed by atoms with Crippen LogP contribution in [0.15, 0.2) is 54.6 Å². The van der Waals surface area contributed by atoms with Crippen LogP contribution in [0.5, 0.6) is 0 Å². The lowest BCUT2D eigenvalue weighted by Gasteiger charge is -2.24. The number of rotatable bonds is 4. The molecule has 5 nitrogen and oxygen atoms in total. The molecule has 5 heteroatoms. The minimum atomic E-state index is 0.0548. The number of likely N-dealkylation sites (N-methyl/N-ethyl adjacent to an activating group) is 1. The number of benzene rings is 2. The van der Waals surface area contributed by atoms with E-state index in [2.05, 4.69) is 39.6 Å². The van der Waals surface area contributed by atoms with Crippen molar-refractivity contribution in [2.24, 2.45) is 0 Å². The van der Waals surface area contributed by atoms with Crippen molar-refractivity contribution in [1.82, 2.24) is 14.9 Å². The Kier molecular flexibility index (Phi) is 4.82. The lowest BCUT2D eigenvalue weighted by Crippen LogP contribution is -2.37. The molecule has 3 aromatic rings. The number of hydrogen-bond donors (Lipinski definition) is 1. The molecule has 0 bridgehead atoms. The van der Waals surface area contributed by atoms with Crippen molar-refractivity contribution in [3.8, 4) is 11.3 Å². The summed E-state index contributed by atoms with van der Waals surface area (Å²) in [5.41, 5.74) is 6.10. The highest BCUT2D eigenvalue weighted by molar-refractivity contribution is 5.94. The summed E-state index contributed by atoms with van der Waals surface area (Å²) in [5.74, 6) is 0.648. The molecule has 0 radical (unpaired) electrons. The normalized spacial score (nSPS) is 13.2. The number of fused-ring (bicyclic) bond motifs is 1. The van der Waals surface area contributed by atoms with Crippen LogP contribution in [0.1, 0.15) is 27.2 Å². The number of carbonyl (C=O) groups is 1. The zero-order valence-electron chi connectivity index (χ0n) is 16.4. The Morgan fingerprint density at radius 1 is 1.04 bits per heavy atom. The first kappa shape index (κ1) is 18.2. The molecule has 0 aliphatic heterocycles. The van der Waals surface area contributed by atoms with Crippen LogP contribution < -0.4 is 5.32 Å². The number of nitrogens with one attached hydrogen (secondary N) is 1. The Hall–Kier alpha value is -3.21. The molecule has 0 atom stereocenters. The van der Waals surface area contributed by atoms with Crippen LogP contribution in [0.25, 0.3) is 11.3 Å². The highest BCUT2D eigenvalue weighted by Gasteiger charge is 2.27. The van der Waals surface area contributed by atoms with Crippen LogP contribution >= 0.6 is 0 Å². The molecule has 0 unspecified atom stereocenters. The van der Waals surface area contributed by atoms with Gasteiger partial charge in [0.25, 0.3) is 5.91 Å². The molecule has 0 saturated heterocycles. The molecule has 1 aromatic heterocycles. The molecular weight excluding hydrogens is 348 g/mol. The molecule has 1 N–H and O–H groups in total. The quantitative estimate of drug-likeness (QED) is 0.758. The van der Waals surface area contributed by atoms with E-state index < -0.39 is 0 Å². The van der Waals surface area contributed by atoms with Crippen LogP contribution in [0, 0.1) is 6.92 Å². The van der Waals surface area contributed by atoms with Gasteiger partial charge in [-0.05, 0) is 49.1 Å². The summed E-state index contributed by atoms with van der Waals surface area (Å²) in [6.07, 6.45) is 1.84. The lowest BCUT2D eigenvalue weighted by atomic mass is 10.1. The van der Waals surface area contributed by atoms with Crippen molar-refractivity contribution in [3.63, 3.8) is 0 Å². The average molecular weight is 372 g/mol. The van der Waals surface area contributed by atoms with E-state index in [1.54, 1.807) is 7.05 Å². The van der Waals surface area contributed by atoms with Crippen LogP contribution in [0.2, 0.25) is 0 Å². The van der Waals surface area contributed by atoms with Gasteiger partial charge in [0, 0.05) is 37.0 Å². The fraction of sp³-hybridized carbons (Fsp3) is 0.261. The van der Waals surface area contributed by atoms with Gasteiger partial charge in [0.15, 0.2) is 0 Å². The first-order valence-electron chi connectivity index (χ1n) is 9.53. The topological polar surface area (TPSA) is 58.1 Å². The van der Waals surface area contributed by atoms with Crippen LogP contribution in [-0.2, 0) is 12.8 Å². The number of aryl methyl sites for hydroxylation is 1. The summed E-state index contributed by atoms with van der Waals surface area (Å²) in [6, 6.07) is 18.3. The molecule has 1 heterocycles. The van der Waals surface area contributed by atoms with E-state index >= 15 is 0 Å². The Morgan fingerprint density at radius 3 is 2.29 bits per heavy atom. The van der Waals surface area contributed by atoms with Crippen molar-refractivity contribution >= 4 is 11.9 Å². The zero-order valence-corrected chi connectivity index (χ0v) is 16.4. The second-order valence-electron chi connectivity index (χ2n) is 7.29. The van der Waals surface area contributed by atoms with E-state index in [0.717, 1.165) is 29.8 Å². The highest BCUT2D eigenvalue weighted by atomic mass is 16.2. The standard InChI is InChI=1S/C23H24N4O/c1-15-12-21(26-23(24-2)25-15)16-8-10-17(11-9-16)22(28)27(3)20-13-18-6-4-5-7-19(18)14-20/h4-12,20H,13-14H2,1-3H3,(H,24,25,26). The number of carbonyl (C=O) groups excluding carboxylic acids is 1. The second kappa shape index (κ2) is 7.43. The van der Waals surface area contributed by atoms with Gasteiger partial charge in [-0.3, -0.25) is 4.79 Å².